The van der Waals surface area contributed by atoms with E-state index in [-0.39, 0.29) is 5.91 Å². The number of thiazole rings is 1. The summed E-state index contributed by atoms with van der Waals surface area (Å²) in [6.45, 7) is 1.55. The number of nitrogens with zero attached hydrogens (tertiary/aromatic N) is 3. The third-order valence-electron chi connectivity index (χ3n) is 4.12. The fourth-order valence-electron chi connectivity index (χ4n) is 2.71. The van der Waals surface area contributed by atoms with E-state index in [0.29, 0.717) is 12.1 Å². The molecule has 1 amide bonds. The number of hydrogen-bond donors (Lipinski definition) is 0. The van der Waals surface area contributed by atoms with Crippen molar-refractivity contribution in [3.63, 3.8) is 0 Å². The minimum Gasteiger partial charge on any atom is -0.309 e. The highest BCUT2D eigenvalue weighted by Crippen LogP contribution is 2.28. The SMILES string of the molecule is CN(C)CCCN(C(=O)c1ccc(Br)cc1)c1nc(-c2ccccc2)cs1. The lowest BCUT2D eigenvalue weighted by atomic mass is 10.2. The van der Waals surface area contributed by atoms with Crippen molar-refractivity contribution in [1.29, 1.82) is 0 Å². The van der Waals surface area contributed by atoms with Crippen LogP contribution in [-0.4, -0.2) is 43.0 Å². The molecule has 0 unspecified atom stereocenters. The summed E-state index contributed by atoms with van der Waals surface area (Å²) in [5, 5.41) is 2.75. The molecule has 2 aromatic carbocycles. The smallest absolute Gasteiger partial charge is 0.260 e. The Balaban J connectivity index is 1.86. The minimum absolute atomic E-state index is 0.0183. The van der Waals surface area contributed by atoms with Crippen molar-refractivity contribution >= 4 is 38.3 Å². The van der Waals surface area contributed by atoms with E-state index < -0.39 is 0 Å². The summed E-state index contributed by atoms with van der Waals surface area (Å²) in [5.74, 6) is -0.0183. The molecule has 0 aliphatic carbocycles. The molecule has 0 fully saturated rings. The number of carbonyl (C=O) groups is 1. The van der Waals surface area contributed by atoms with Crippen LogP contribution in [0.25, 0.3) is 11.3 Å². The summed E-state index contributed by atoms with van der Waals surface area (Å²) in [7, 11) is 4.08. The Bertz CT molecular complexity index is 878. The number of hydrogen-bond acceptors (Lipinski definition) is 4. The van der Waals surface area contributed by atoms with Gasteiger partial charge in [-0.05, 0) is 51.3 Å². The molecule has 1 aromatic heterocycles. The average molecular weight is 444 g/mol. The van der Waals surface area contributed by atoms with E-state index in [9.17, 15) is 4.79 Å². The molecule has 0 spiro atoms. The predicted octanol–water partition coefficient (Wildman–Crippen LogP) is 5.17. The number of anilines is 1. The molecule has 0 aliphatic heterocycles. The summed E-state index contributed by atoms with van der Waals surface area (Å²) >= 11 is 4.93. The third-order valence-corrected chi connectivity index (χ3v) is 5.51. The monoisotopic (exact) mass is 443 g/mol. The van der Waals surface area contributed by atoms with Crippen molar-refractivity contribution in [3.05, 3.63) is 70.0 Å². The van der Waals surface area contributed by atoms with Crippen molar-refractivity contribution in [1.82, 2.24) is 9.88 Å². The largest absolute Gasteiger partial charge is 0.309 e. The van der Waals surface area contributed by atoms with Gasteiger partial charge in [0, 0.05) is 27.5 Å². The molecule has 0 bridgehead atoms. The Labute approximate surface area is 172 Å². The molecular weight excluding hydrogens is 422 g/mol. The van der Waals surface area contributed by atoms with Gasteiger partial charge in [-0.2, -0.15) is 0 Å². The highest BCUT2D eigenvalue weighted by molar-refractivity contribution is 9.10. The van der Waals surface area contributed by atoms with Crippen molar-refractivity contribution < 1.29 is 4.79 Å². The maximum Gasteiger partial charge on any atom is 0.260 e. The summed E-state index contributed by atoms with van der Waals surface area (Å²) in [6.07, 6.45) is 0.884. The molecular formula is C21H22BrN3OS. The first kappa shape index (κ1) is 19.7. The van der Waals surface area contributed by atoms with Gasteiger partial charge in [0.1, 0.15) is 0 Å². The second-order valence-electron chi connectivity index (χ2n) is 6.50. The van der Waals surface area contributed by atoms with Gasteiger partial charge < -0.3 is 4.90 Å². The summed E-state index contributed by atoms with van der Waals surface area (Å²) in [6, 6.07) is 17.5. The first-order chi connectivity index (χ1) is 13.0. The lowest BCUT2D eigenvalue weighted by Gasteiger charge is -2.21. The van der Waals surface area contributed by atoms with Gasteiger partial charge in [-0.1, -0.05) is 46.3 Å². The zero-order valence-electron chi connectivity index (χ0n) is 15.4. The number of halogens is 1. The van der Waals surface area contributed by atoms with Crippen molar-refractivity contribution in [2.45, 2.75) is 6.42 Å². The molecule has 3 rings (SSSR count). The quantitative estimate of drug-likeness (QED) is 0.505. The lowest BCUT2D eigenvalue weighted by molar-refractivity contribution is 0.0986. The Hall–Kier alpha value is -2.02. The molecule has 0 atom stereocenters. The number of carbonyl (C=O) groups excluding carboxylic acids is 1. The number of amides is 1. The van der Waals surface area contributed by atoms with Crippen LogP contribution < -0.4 is 4.90 Å². The summed E-state index contributed by atoms with van der Waals surface area (Å²) in [4.78, 5) is 21.8. The third kappa shape index (κ3) is 5.25. The van der Waals surface area contributed by atoms with E-state index in [2.05, 4.69) is 20.8 Å². The summed E-state index contributed by atoms with van der Waals surface area (Å²) < 4.78 is 0.957. The van der Waals surface area contributed by atoms with Gasteiger partial charge in [-0.15, -0.1) is 11.3 Å². The minimum atomic E-state index is -0.0183. The van der Waals surface area contributed by atoms with Crippen LogP contribution in [0.3, 0.4) is 0 Å². The Kier molecular flexibility index (Phi) is 6.77. The molecule has 0 saturated heterocycles. The Morgan fingerprint density at radius 2 is 1.74 bits per heavy atom. The van der Waals surface area contributed by atoms with Gasteiger partial charge in [0.15, 0.2) is 5.13 Å². The predicted molar refractivity (Wildman–Crippen MR) is 117 cm³/mol. The fraction of sp³-hybridized carbons (Fsp3) is 0.238. The van der Waals surface area contributed by atoms with E-state index in [0.717, 1.165) is 33.8 Å². The highest BCUT2D eigenvalue weighted by atomic mass is 79.9. The van der Waals surface area contributed by atoms with E-state index in [4.69, 9.17) is 4.98 Å². The molecule has 1 heterocycles. The topological polar surface area (TPSA) is 36.4 Å². The molecule has 0 radical (unpaired) electrons. The standard InChI is InChI=1S/C21H22BrN3OS/c1-24(2)13-6-14-25(20(26)17-9-11-18(22)12-10-17)21-23-19(15-27-21)16-7-4-3-5-8-16/h3-5,7-12,15H,6,13-14H2,1-2H3. The second kappa shape index (κ2) is 9.26. The maximum atomic E-state index is 13.1. The van der Waals surface area contributed by atoms with E-state index >= 15 is 0 Å². The number of rotatable bonds is 7. The van der Waals surface area contributed by atoms with Crippen LogP contribution in [-0.2, 0) is 0 Å². The van der Waals surface area contributed by atoms with Gasteiger partial charge in [-0.25, -0.2) is 4.98 Å². The molecule has 3 aromatic rings. The first-order valence-corrected chi connectivity index (χ1v) is 10.4. The van der Waals surface area contributed by atoms with Gasteiger partial charge in [0.25, 0.3) is 5.91 Å². The van der Waals surface area contributed by atoms with Crippen LogP contribution in [0, 0.1) is 0 Å². The van der Waals surface area contributed by atoms with E-state index in [1.165, 1.54) is 11.3 Å². The zero-order chi connectivity index (χ0) is 19.2. The fourth-order valence-corrected chi connectivity index (χ4v) is 3.83. The lowest BCUT2D eigenvalue weighted by Crippen LogP contribution is -2.33. The molecule has 4 nitrogen and oxygen atoms in total. The van der Waals surface area contributed by atoms with Crippen molar-refractivity contribution in [3.8, 4) is 11.3 Å². The van der Waals surface area contributed by atoms with Crippen LogP contribution in [0.5, 0.6) is 0 Å². The van der Waals surface area contributed by atoms with Crippen molar-refractivity contribution in [2.24, 2.45) is 0 Å². The molecule has 6 heteroatoms. The number of benzene rings is 2. The normalized spacial score (nSPS) is 11.0. The highest BCUT2D eigenvalue weighted by Gasteiger charge is 2.21. The van der Waals surface area contributed by atoms with Crippen LogP contribution in [0.1, 0.15) is 16.8 Å². The summed E-state index contributed by atoms with van der Waals surface area (Å²) in [5.41, 5.74) is 2.63. The molecule has 0 aliphatic rings. The Morgan fingerprint density at radius 3 is 2.41 bits per heavy atom. The van der Waals surface area contributed by atoms with Crippen LogP contribution in [0.15, 0.2) is 64.5 Å². The van der Waals surface area contributed by atoms with E-state index in [1.54, 1.807) is 4.90 Å². The van der Waals surface area contributed by atoms with Crippen LogP contribution in [0.4, 0.5) is 5.13 Å². The Morgan fingerprint density at radius 1 is 1.04 bits per heavy atom. The molecule has 0 saturated carbocycles. The molecule has 27 heavy (non-hydrogen) atoms. The maximum absolute atomic E-state index is 13.1. The first-order valence-electron chi connectivity index (χ1n) is 8.77. The van der Waals surface area contributed by atoms with Crippen LogP contribution in [0.2, 0.25) is 0 Å². The van der Waals surface area contributed by atoms with Gasteiger partial charge in [0.05, 0.1) is 5.69 Å². The van der Waals surface area contributed by atoms with E-state index in [1.807, 2.05) is 74.1 Å². The zero-order valence-corrected chi connectivity index (χ0v) is 17.8. The van der Waals surface area contributed by atoms with Gasteiger partial charge >= 0.3 is 0 Å². The molecule has 0 N–H and O–H groups in total. The average Bonchev–Trinajstić information content (AvgIpc) is 3.16. The second-order valence-corrected chi connectivity index (χ2v) is 8.25. The molecule has 140 valence electrons. The number of aromatic nitrogens is 1. The van der Waals surface area contributed by atoms with Gasteiger partial charge in [-0.3, -0.25) is 9.69 Å². The van der Waals surface area contributed by atoms with Crippen LogP contribution >= 0.6 is 27.3 Å². The van der Waals surface area contributed by atoms with Crippen molar-refractivity contribution in [2.75, 3.05) is 32.1 Å². The van der Waals surface area contributed by atoms with Gasteiger partial charge in [0.2, 0.25) is 0 Å².